The molecule has 1 aromatic heterocycles. The van der Waals surface area contributed by atoms with Crippen LogP contribution in [0.25, 0.3) is 6.08 Å². The first-order valence-electron chi connectivity index (χ1n) is 12.6. The zero-order valence-corrected chi connectivity index (χ0v) is 20.8. The Hall–Kier alpha value is -2.16. The van der Waals surface area contributed by atoms with Crippen molar-refractivity contribution in [1.82, 2.24) is 9.88 Å². The molecule has 3 aliphatic rings. The van der Waals surface area contributed by atoms with Gasteiger partial charge in [0.05, 0.1) is 25.5 Å². The molecule has 34 heavy (non-hydrogen) atoms. The van der Waals surface area contributed by atoms with Gasteiger partial charge in [-0.15, -0.1) is 0 Å². The molecule has 188 valence electrons. The number of hydrogen-bond donors (Lipinski definition) is 0. The molecule has 1 aromatic rings. The fourth-order valence-corrected chi connectivity index (χ4v) is 4.89. The molecular formula is C26H39N3O5. The van der Waals surface area contributed by atoms with Gasteiger partial charge in [-0.25, -0.2) is 4.79 Å². The molecule has 4 heterocycles. The molecule has 3 atom stereocenters. The maximum absolute atomic E-state index is 12.6. The van der Waals surface area contributed by atoms with E-state index < -0.39 is 5.60 Å². The molecule has 0 aliphatic carbocycles. The molecule has 1 amide bonds. The van der Waals surface area contributed by atoms with Crippen molar-refractivity contribution >= 4 is 17.9 Å². The number of hydrogen-bond acceptors (Lipinski definition) is 7. The Morgan fingerprint density at radius 1 is 1.18 bits per heavy atom. The van der Waals surface area contributed by atoms with Crippen LogP contribution in [0, 0.1) is 0 Å². The van der Waals surface area contributed by atoms with Crippen LogP contribution in [0.1, 0.15) is 58.6 Å². The molecule has 0 spiro atoms. The number of ether oxygens (including phenoxy) is 4. The maximum Gasteiger partial charge on any atom is 0.410 e. The molecule has 0 radical (unpaired) electrons. The number of likely N-dealkylation sites (tertiary alicyclic amines) is 1. The summed E-state index contributed by atoms with van der Waals surface area (Å²) in [7, 11) is 0. The van der Waals surface area contributed by atoms with Gasteiger partial charge < -0.3 is 28.7 Å². The lowest BCUT2D eigenvalue weighted by atomic mass is 10.1. The summed E-state index contributed by atoms with van der Waals surface area (Å²) in [5.41, 5.74) is 1.59. The van der Waals surface area contributed by atoms with Gasteiger partial charge in [-0.3, -0.25) is 4.98 Å². The smallest absolute Gasteiger partial charge is 0.410 e. The van der Waals surface area contributed by atoms with E-state index in [9.17, 15) is 4.79 Å². The Labute approximate surface area is 203 Å². The number of anilines is 1. The van der Waals surface area contributed by atoms with Crippen molar-refractivity contribution in [3.63, 3.8) is 0 Å². The third-order valence-electron chi connectivity index (χ3n) is 6.37. The average Bonchev–Trinajstić information content (AvgIpc) is 3.07. The Kier molecular flexibility index (Phi) is 8.45. The van der Waals surface area contributed by atoms with Gasteiger partial charge in [-0.2, -0.15) is 0 Å². The van der Waals surface area contributed by atoms with Crippen LogP contribution < -0.4 is 4.90 Å². The maximum atomic E-state index is 12.6. The van der Waals surface area contributed by atoms with Gasteiger partial charge in [0.25, 0.3) is 0 Å². The zero-order valence-electron chi connectivity index (χ0n) is 20.8. The lowest BCUT2D eigenvalue weighted by Gasteiger charge is -2.42. The Balaban J connectivity index is 1.24. The number of pyridine rings is 1. The Morgan fingerprint density at radius 2 is 1.97 bits per heavy atom. The molecule has 3 saturated heterocycles. The fraction of sp³-hybridized carbons (Fsp3) is 0.692. The molecule has 0 N–H and O–H groups in total. The molecule has 3 unspecified atom stereocenters. The number of amides is 1. The van der Waals surface area contributed by atoms with E-state index in [1.807, 2.05) is 44.0 Å². The number of piperazine rings is 1. The molecule has 3 fully saturated rings. The molecular weight excluding hydrogens is 434 g/mol. The largest absolute Gasteiger partial charge is 0.444 e. The lowest BCUT2D eigenvalue weighted by molar-refractivity contribution is -0.168. The predicted molar refractivity (Wildman–Crippen MR) is 131 cm³/mol. The minimum atomic E-state index is -0.472. The quantitative estimate of drug-likeness (QED) is 0.523. The van der Waals surface area contributed by atoms with E-state index in [-0.39, 0.29) is 12.4 Å². The molecule has 4 rings (SSSR count). The summed E-state index contributed by atoms with van der Waals surface area (Å²) >= 11 is 0. The number of rotatable bonds is 8. The summed E-state index contributed by atoms with van der Waals surface area (Å²) in [5, 5.41) is 0. The second-order valence-corrected chi connectivity index (χ2v) is 10.3. The van der Waals surface area contributed by atoms with E-state index in [4.69, 9.17) is 18.9 Å². The van der Waals surface area contributed by atoms with Crippen LogP contribution in [-0.2, 0) is 18.9 Å². The number of carbonyl (C=O) groups excluding carboxylic acids is 1. The van der Waals surface area contributed by atoms with Crippen molar-refractivity contribution in [2.45, 2.75) is 76.9 Å². The van der Waals surface area contributed by atoms with Gasteiger partial charge in [0.2, 0.25) is 0 Å². The number of fused-ring (bicyclic) bond motifs is 2. The van der Waals surface area contributed by atoms with Gasteiger partial charge in [0, 0.05) is 43.7 Å². The topological polar surface area (TPSA) is 73.4 Å². The van der Waals surface area contributed by atoms with E-state index >= 15 is 0 Å². The van der Waals surface area contributed by atoms with Crippen LogP contribution >= 0.6 is 0 Å². The first-order chi connectivity index (χ1) is 16.4. The van der Waals surface area contributed by atoms with Crippen LogP contribution in [0.4, 0.5) is 10.5 Å². The van der Waals surface area contributed by atoms with Crippen LogP contribution in [-0.4, -0.2) is 79.5 Å². The lowest BCUT2D eigenvalue weighted by Crippen LogP contribution is -2.56. The highest BCUT2D eigenvalue weighted by molar-refractivity contribution is 5.69. The summed E-state index contributed by atoms with van der Waals surface area (Å²) < 4.78 is 22.5. The van der Waals surface area contributed by atoms with Crippen LogP contribution in [0.2, 0.25) is 0 Å². The molecule has 0 aromatic carbocycles. The van der Waals surface area contributed by atoms with Crippen molar-refractivity contribution in [3.05, 3.63) is 30.1 Å². The van der Waals surface area contributed by atoms with Gasteiger partial charge in [-0.1, -0.05) is 6.08 Å². The van der Waals surface area contributed by atoms with E-state index in [1.54, 1.807) is 0 Å². The van der Waals surface area contributed by atoms with Crippen molar-refractivity contribution < 1.29 is 23.7 Å². The highest BCUT2D eigenvalue weighted by Gasteiger charge is 2.42. The van der Waals surface area contributed by atoms with Crippen LogP contribution in [0.15, 0.2) is 24.4 Å². The first-order valence-corrected chi connectivity index (χ1v) is 12.6. The highest BCUT2D eigenvalue weighted by Crippen LogP contribution is 2.35. The van der Waals surface area contributed by atoms with Gasteiger partial charge in [0.1, 0.15) is 5.60 Å². The summed E-state index contributed by atoms with van der Waals surface area (Å²) in [4.78, 5) is 21.4. The minimum absolute atomic E-state index is 0.0684. The Bertz CT molecular complexity index is 820. The molecule has 0 saturated carbocycles. The molecule has 3 aliphatic heterocycles. The molecule has 2 bridgehead atoms. The summed E-state index contributed by atoms with van der Waals surface area (Å²) in [6.07, 6.45) is 11.0. The molecule has 8 heteroatoms. The zero-order chi connectivity index (χ0) is 24.0. The third-order valence-corrected chi connectivity index (χ3v) is 6.37. The van der Waals surface area contributed by atoms with E-state index in [2.05, 4.69) is 22.0 Å². The van der Waals surface area contributed by atoms with Gasteiger partial charge >= 0.3 is 6.09 Å². The summed E-state index contributed by atoms with van der Waals surface area (Å²) in [6.45, 7) is 9.52. The second kappa shape index (κ2) is 11.5. The normalized spacial score (nSPS) is 25.2. The number of carbonyl (C=O) groups is 1. The average molecular weight is 474 g/mol. The van der Waals surface area contributed by atoms with Gasteiger partial charge in [-0.05, 0) is 71.1 Å². The van der Waals surface area contributed by atoms with E-state index in [1.165, 1.54) is 6.42 Å². The fourth-order valence-electron chi connectivity index (χ4n) is 4.89. The Morgan fingerprint density at radius 3 is 2.68 bits per heavy atom. The highest BCUT2D eigenvalue weighted by atomic mass is 16.7. The van der Waals surface area contributed by atoms with Crippen molar-refractivity contribution in [3.8, 4) is 0 Å². The SMILES string of the molecule is CC(C)(C)OC(=O)N1CC2CCC(C1)N2c1ccnc(/C=C/COCCOC2CCCCO2)c1. The van der Waals surface area contributed by atoms with Crippen LogP contribution in [0.3, 0.4) is 0 Å². The minimum Gasteiger partial charge on any atom is -0.444 e. The summed E-state index contributed by atoms with van der Waals surface area (Å²) in [5.74, 6) is 0. The van der Waals surface area contributed by atoms with E-state index in [0.717, 1.165) is 43.7 Å². The number of aromatic nitrogens is 1. The predicted octanol–water partition coefficient (Wildman–Crippen LogP) is 4.24. The second-order valence-electron chi connectivity index (χ2n) is 10.3. The van der Waals surface area contributed by atoms with Gasteiger partial charge in [0.15, 0.2) is 6.29 Å². The van der Waals surface area contributed by atoms with Crippen LogP contribution in [0.5, 0.6) is 0 Å². The monoisotopic (exact) mass is 473 g/mol. The number of nitrogens with zero attached hydrogens (tertiary/aromatic N) is 3. The standard InChI is InChI=1S/C26H39N3O5/c1-26(2,3)34-25(30)28-18-22-9-10-23(19-28)29(22)21-11-12-27-20(17-21)7-6-13-31-15-16-33-24-8-4-5-14-32-24/h6-7,11-12,17,22-24H,4-5,8-10,13-16,18-19H2,1-3H3/b7-6+. The van der Waals surface area contributed by atoms with Crippen molar-refractivity contribution in [1.29, 1.82) is 0 Å². The van der Waals surface area contributed by atoms with E-state index in [0.29, 0.717) is 45.0 Å². The summed E-state index contributed by atoms with van der Waals surface area (Å²) in [6, 6.07) is 4.80. The third kappa shape index (κ3) is 6.93. The van der Waals surface area contributed by atoms with Crippen molar-refractivity contribution in [2.24, 2.45) is 0 Å². The molecule has 8 nitrogen and oxygen atoms in total. The van der Waals surface area contributed by atoms with Crippen molar-refractivity contribution in [2.75, 3.05) is 44.4 Å². The first kappa shape index (κ1) is 24.9.